The summed E-state index contributed by atoms with van der Waals surface area (Å²) < 4.78 is 25.8. The number of hydrogen-bond acceptors (Lipinski definition) is 5. The van der Waals surface area contributed by atoms with Gasteiger partial charge >= 0.3 is 10.4 Å². The molecule has 1 heterocycles. The Hall–Kier alpha value is 0.349. The molecule has 0 aliphatic carbocycles. The molecule has 0 aromatic carbocycles. The first-order valence-corrected chi connectivity index (χ1v) is 2.33. The van der Waals surface area contributed by atoms with Crippen LogP contribution < -0.4 is 0 Å². The van der Waals surface area contributed by atoms with E-state index in [2.05, 4.69) is 13.7 Å². The van der Waals surface area contributed by atoms with Gasteiger partial charge in [-0.05, 0) is 13.7 Å². The van der Waals surface area contributed by atoms with E-state index in [0.717, 1.165) is 0 Å². The third-order valence-corrected chi connectivity index (χ3v) is 0.667. The van der Waals surface area contributed by atoms with Crippen LogP contribution in [0.5, 0.6) is 0 Å². The van der Waals surface area contributed by atoms with Gasteiger partial charge in [0, 0.05) is 17.1 Å². The zero-order valence-corrected chi connectivity index (χ0v) is 4.51. The molecule has 1 radical (unpaired) electrons. The van der Waals surface area contributed by atoms with E-state index in [1.165, 1.54) is 0 Å². The van der Waals surface area contributed by atoms with Crippen molar-refractivity contribution in [3.8, 4) is 0 Å². The first kappa shape index (κ1) is 7.35. The maximum atomic E-state index is 9.52. The third-order valence-electron chi connectivity index (χ3n) is 0.222. The van der Waals surface area contributed by atoms with Gasteiger partial charge < -0.3 is 0 Å². The van der Waals surface area contributed by atoms with Crippen LogP contribution >= 0.6 is 0 Å². The molecule has 0 atom stereocenters. The van der Waals surface area contributed by atoms with Gasteiger partial charge in [0.1, 0.15) is 0 Å². The Kier molecular flexibility index (Phi) is 2.18. The first-order valence-electron chi connectivity index (χ1n) is 1.00. The smallest absolute Gasteiger partial charge is 0.164 e. The van der Waals surface area contributed by atoms with E-state index in [9.17, 15) is 8.42 Å². The topological polar surface area (TPSA) is 61.8 Å². The molecule has 1 aliphatic rings. The van der Waals surface area contributed by atoms with Gasteiger partial charge in [-0.25, -0.2) is 0 Å². The second-order valence-electron chi connectivity index (χ2n) is 0.612. The van der Waals surface area contributed by atoms with Crippen LogP contribution in [0.25, 0.3) is 0 Å². The molecule has 0 bridgehead atoms. The quantitative estimate of drug-likeness (QED) is 0.354. The van der Waals surface area contributed by atoms with E-state index >= 15 is 0 Å². The second kappa shape index (κ2) is 2.08. The van der Waals surface area contributed by atoms with Gasteiger partial charge in [-0.2, -0.15) is 8.42 Å². The molecule has 0 aromatic rings. The Morgan fingerprint density at radius 1 is 1.14 bits per heavy atom. The van der Waals surface area contributed by atoms with Gasteiger partial charge in [-0.15, -0.1) is 0 Å². The molecule has 0 unspecified atom stereocenters. The summed E-state index contributed by atoms with van der Waals surface area (Å²) in [4.78, 5) is 0. The van der Waals surface area contributed by atoms with Crippen molar-refractivity contribution >= 4 is 10.4 Å². The van der Waals surface area contributed by atoms with Gasteiger partial charge in [0.15, 0.2) is 0 Å². The summed E-state index contributed by atoms with van der Waals surface area (Å²) >= 11 is 0. The summed E-state index contributed by atoms with van der Waals surface area (Å²) in [6.45, 7) is 0. The van der Waals surface area contributed by atoms with Gasteiger partial charge in [-0.1, -0.05) is 0 Å². The molecule has 0 aromatic heterocycles. The summed E-state index contributed by atoms with van der Waals surface area (Å²) in [5.41, 5.74) is 0. The summed E-state index contributed by atoms with van der Waals surface area (Å²) in [5.74, 6) is 0. The van der Waals surface area contributed by atoms with E-state index in [1.807, 2.05) is 0 Å². The fourth-order valence-corrected chi connectivity index (χ4v) is 0.219. The molecular formula is CuO5S. The maximum absolute atomic E-state index is 9.52. The van der Waals surface area contributed by atoms with Gasteiger partial charge in [0.05, 0.1) is 0 Å². The maximum Gasteiger partial charge on any atom is 0.457 e. The molecule has 0 spiro atoms. The normalized spacial score (nSPS) is 24.6. The standard InChI is InChI=1S/Cu.O5S/c;1-6(2)4-3-5-6. The molecule has 1 rings (SSSR count). The van der Waals surface area contributed by atoms with E-state index in [1.54, 1.807) is 0 Å². The molecule has 1 saturated heterocycles. The Balaban J connectivity index is 0.000000360. The summed E-state index contributed by atoms with van der Waals surface area (Å²) in [6, 6.07) is 0. The largest absolute Gasteiger partial charge is 0.457 e. The fraction of sp³-hybridized carbons (Fsp3) is 0. The number of hydrogen-bond donors (Lipinski definition) is 0. The first-order chi connectivity index (χ1) is 2.71. The second-order valence-corrected chi connectivity index (χ2v) is 1.70. The third kappa shape index (κ3) is 1.72. The van der Waals surface area contributed by atoms with Crippen molar-refractivity contribution < 1.29 is 39.2 Å². The average Bonchev–Trinajstić information content (AvgIpc) is 1.32. The molecule has 0 amide bonds. The van der Waals surface area contributed by atoms with Gasteiger partial charge in [-0.3, -0.25) is 0 Å². The van der Waals surface area contributed by atoms with Gasteiger partial charge in [0.2, 0.25) is 0 Å². The average molecular weight is 176 g/mol. The number of rotatable bonds is 0. The molecular weight excluding hydrogens is 176 g/mol. The Bertz CT molecular complexity index is 122. The zero-order chi connectivity index (χ0) is 4.62. The van der Waals surface area contributed by atoms with Crippen molar-refractivity contribution in [2.75, 3.05) is 0 Å². The Labute approximate surface area is 50.2 Å². The Morgan fingerprint density at radius 2 is 1.43 bits per heavy atom. The molecule has 47 valence electrons. The molecule has 7 heteroatoms. The Morgan fingerprint density at radius 3 is 1.43 bits per heavy atom. The van der Waals surface area contributed by atoms with Crippen LogP contribution in [0, 0.1) is 0 Å². The predicted molar refractivity (Wildman–Crippen MR) is 12.2 cm³/mol. The van der Waals surface area contributed by atoms with Crippen molar-refractivity contribution in [2.45, 2.75) is 0 Å². The molecule has 1 aliphatic heterocycles. The zero-order valence-electron chi connectivity index (χ0n) is 2.75. The van der Waals surface area contributed by atoms with E-state index in [0.29, 0.717) is 0 Å². The van der Waals surface area contributed by atoms with Crippen molar-refractivity contribution in [3.63, 3.8) is 0 Å². The van der Waals surface area contributed by atoms with Crippen molar-refractivity contribution in [2.24, 2.45) is 0 Å². The fourth-order valence-electron chi connectivity index (χ4n) is 0.0731. The summed E-state index contributed by atoms with van der Waals surface area (Å²) in [6.07, 6.45) is 0. The summed E-state index contributed by atoms with van der Waals surface area (Å²) in [7, 11) is -3.70. The van der Waals surface area contributed by atoms with E-state index < -0.39 is 10.4 Å². The van der Waals surface area contributed by atoms with Crippen LogP contribution in [0.15, 0.2) is 0 Å². The van der Waals surface area contributed by atoms with Crippen molar-refractivity contribution in [1.82, 2.24) is 0 Å². The minimum absolute atomic E-state index is 0. The van der Waals surface area contributed by atoms with Crippen LogP contribution in [0.3, 0.4) is 0 Å². The van der Waals surface area contributed by atoms with Crippen LogP contribution in [0.4, 0.5) is 0 Å². The molecule has 7 heavy (non-hydrogen) atoms. The van der Waals surface area contributed by atoms with Crippen LogP contribution in [0.1, 0.15) is 0 Å². The minimum Gasteiger partial charge on any atom is -0.164 e. The molecule has 0 saturated carbocycles. The van der Waals surface area contributed by atoms with Gasteiger partial charge in [0.25, 0.3) is 0 Å². The molecule has 0 N–H and O–H groups in total. The minimum atomic E-state index is -3.70. The van der Waals surface area contributed by atoms with Crippen molar-refractivity contribution in [3.05, 3.63) is 0 Å². The van der Waals surface area contributed by atoms with Crippen LogP contribution in [0.2, 0.25) is 0 Å². The monoisotopic (exact) mass is 175 g/mol. The van der Waals surface area contributed by atoms with E-state index in [-0.39, 0.29) is 17.1 Å². The van der Waals surface area contributed by atoms with E-state index in [4.69, 9.17) is 0 Å². The SMILES string of the molecule is O=S1(=O)OOO1.[Cu]. The summed E-state index contributed by atoms with van der Waals surface area (Å²) in [5, 5.41) is 3.35. The predicted octanol–water partition coefficient (Wildman–Crippen LogP) is -0.878. The molecule has 1 fully saturated rings. The van der Waals surface area contributed by atoms with Crippen LogP contribution in [-0.2, 0) is 41.2 Å². The van der Waals surface area contributed by atoms with Crippen LogP contribution in [-0.4, -0.2) is 8.42 Å². The molecule has 5 nitrogen and oxygen atoms in total. The van der Waals surface area contributed by atoms with Crippen molar-refractivity contribution in [1.29, 1.82) is 0 Å².